The number of benzene rings is 2. The number of rotatable bonds is 2. The van der Waals surface area contributed by atoms with E-state index in [1.165, 1.54) is 18.3 Å². The van der Waals surface area contributed by atoms with Crippen LogP contribution in [0.25, 0.3) is 22.8 Å². The van der Waals surface area contributed by atoms with Crippen molar-refractivity contribution in [2.75, 3.05) is 0 Å². The summed E-state index contributed by atoms with van der Waals surface area (Å²) in [6.45, 7) is 0. The largest absolute Gasteiger partial charge is 0.436 e. The smallest absolute Gasteiger partial charge is 0.416 e. The van der Waals surface area contributed by atoms with Crippen molar-refractivity contribution in [3.05, 3.63) is 66.4 Å². The van der Waals surface area contributed by atoms with Crippen LogP contribution < -0.4 is 0 Å². The molecule has 0 bridgehead atoms. The van der Waals surface area contributed by atoms with Crippen LogP contribution >= 0.6 is 0 Å². The predicted octanol–water partition coefficient (Wildman–Crippen LogP) is 5.03. The van der Waals surface area contributed by atoms with Crippen molar-refractivity contribution >= 4 is 0 Å². The summed E-state index contributed by atoms with van der Waals surface area (Å²) in [5.74, 6) is 0.683. The highest BCUT2D eigenvalue weighted by Gasteiger charge is 2.30. The van der Waals surface area contributed by atoms with Crippen molar-refractivity contribution < 1.29 is 17.6 Å². The van der Waals surface area contributed by atoms with Crippen molar-refractivity contribution in [3.8, 4) is 22.8 Å². The van der Waals surface area contributed by atoms with Crippen LogP contribution in [-0.4, -0.2) is 4.98 Å². The molecule has 0 saturated carbocycles. The van der Waals surface area contributed by atoms with Crippen molar-refractivity contribution in [1.82, 2.24) is 4.98 Å². The number of nitrogens with zero attached hydrogens (tertiary/aromatic N) is 1. The number of hydrogen-bond donors (Lipinski definition) is 0. The number of hydrogen-bond acceptors (Lipinski definition) is 2. The number of aromatic nitrogens is 1. The molecule has 21 heavy (non-hydrogen) atoms. The second kappa shape index (κ2) is 5.09. The lowest BCUT2D eigenvalue weighted by Gasteiger charge is -2.06. The van der Waals surface area contributed by atoms with Crippen LogP contribution in [0.3, 0.4) is 0 Å². The van der Waals surface area contributed by atoms with Gasteiger partial charge >= 0.3 is 6.18 Å². The van der Waals surface area contributed by atoms with E-state index in [1.807, 2.05) is 30.3 Å². The minimum Gasteiger partial charge on any atom is -0.436 e. The van der Waals surface area contributed by atoms with Gasteiger partial charge in [-0.05, 0) is 18.2 Å². The Morgan fingerprint density at radius 1 is 0.857 bits per heavy atom. The summed E-state index contributed by atoms with van der Waals surface area (Å²) in [4.78, 5) is 4.05. The summed E-state index contributed by atoms with van der Waals surface area (Å²) in [6.07, 6.45) is -2.88. The Morgan fingerprint density at radius 3 is 2.29 bits per heavy atom. The van der Waals surface area contributed by atoms with Gasteiger partial charge in [0.1, 0.15) is 0 Å². The molecule has 0 aliphatic rings. The summed E-state index contributed by atoms with van der Waals surface area (Å²) in [5, 5.41) is 0. The third-order valence-corrected chi connectivity index (χ3v) is 3.00. The predicted molar refractivity (Wildman–Crippen MR) is 72.4 cm³/mol. The Labute approximate surface area is 118 Å². The highest BCUT2D eigenvalue weighted by atomic mass is 19.4. The van der Waals surface area contributed by atoms with Crippen LogP contribution in [0.4, 0.5) is 13.2 Å². The van der Waals surface area contributed by atoms with Crippen molar-refractivity contribution in [3.63, 3.8) is 0 Å². The van der Waals surface area contributed by atoms with Gasteiger partial charge < -0.3 is 4.42 Å². The van der Waals surface area contributed by atoms with Gasteiger partial charge in [-0.3, -0.25) is 0 Å². The standard InChI is InChI=1S/C16H10F3NO/c17-16(18,19)13-8-4-7-12(9-13)15-20-10-14(21-15)11-5-2-1-3-6-11/h1-10H. The van der Waals surface area contributed by atoms with Gasteiger partial charge in [0.15, 0.2) is 5.76 Å². The zero-order valence-electron chi connectivity index (χ0n) is 10.8. The Balaban J connectivity index is 1.97. The molecule has 0 atom stereocenters. The first-order chi connectivity index (χ1) is 10.0. The molecule has 0 unspecified atom stereocenters. The van der Waals surface area contributed by atoms with Crippen molar-refractivity contribution in [1.29, 1.82) is 0 Å². The van der Waals surface area contributed by atoms with Crippen molar-refractivity contribution in [2.24, 2.45) is 0 Å². The molecule has 1 aromatic heterocycles. The molecule has 2 aromatic carbocycles. The van der Waals surface area contributed by atoms with Crippen LogP contribution in [0.5, 0.6) is 0 Å². The summed E-state index contributed by atoms with van der Waals surface area (Å²) in [5.41, 5.74) is 0.398. The summed E-state index contributed by atoms with van der Waals surface area (Å²) in [6, 6.07) is 14.2. The normalized spacial score (nSPS) is 11.6. The minimum absolute atomic E-state index is 0.167. The zero-order valence-corrected chi connectivity index (χ0v) is 10.8. The first kappa shape index (κ1) is 13.4. The number of oxazole rings is 1. The first-order valence-electron chi connectivity index (χ1n) is 6.23. The lowest BCUT2D eigenvalue weighted by atomic mass is 10.1. The van der Waals surface area contributed by atoms with Gasteiger partial charge in [0.05, 0.1) is 11.8 Å². The molecule has 3 aromatic rings. The van der Waals surface area contributed by atoms with E-state index in [0.717, 1.165) is 17.7 Å². The average Bonchev–Trinajstić information content (AvgIpc) is 2.97. The second-order valence-corrected chi connectivity index (χ2v) is 4.47. The fraction of sp³-hybridized carbons (Fsp3) is 0.0625. The average molecular weight is 289 g/mol. The molecule has 3 rings (SSSR count). The maximum atomic E-state index is 12.7. The van der Waals surface area contributed by atoms with Crippen LogP contribution in [0.1, 0.15) is 5.56 Å². The molecule has 0 amide bonds. The third kappa shape index (κ3) is 2.81. The first-order valence-corrected chi connectivity index (χ1v) is 6.23. The summed E-state index contributed by atoms with van der Waals surface area (Å²) >= 11 is 0. The van der Waals surface area contributed by atoms with Crippen LogP contribution in [0.2, 0.25) is 0 Å². The molecular formula is C16H10F3NO. The molecule has 0 N–H and O–H groups in total. The maximum absolute atomic E-state index is 12.7. The second-order valence-electron chi connectivity index (χ2n) is 4.47. The molecule has 0 aliphatic carbocycles. The molecule has 0 spiro atoms. The molecule has 1 heterocycles. The quantitative estimate of drug-likeness (QED) is 0.661. The maximum Gasteiger partial charge on any atom is 0.416 e. The van der Waals surface area contributed by atoms with Gasteiger partial charge in [-0.15, -0.1) is 0 Å². The summed E-state index contributed by atoms with van der Waals surface area (Å²) in [7, 11) is 0. The SMILES string of the molecule is FC(F)(F)c1cccc(-c2ncc(-c3ccccc3)o2)c1. The zero-order chi connectivity index (χ0) is 14.9. The van der Waals surface area contributed by atoms with E-state index in [9.17, 15) is 13.2 Å². The van der Waals surface area contributed by atoms with Crippen LogP contribution in [0.15, 0.2) is 65.2 Å². The lowest BCUT2D eigenvalue weighted by Crippen LogP contribution is -2.04. The van der Waals surface area contributed by atoms with Gasteiger partial charge in [0.2, 0.25) is 5.89 Å². The van der Waals surface area contributed by atoms with Gasteiger partial charge in [-0.25, -0.2) is 4.98 Å². The fourth-order valence-electron chi connectivity index (χ4n) is 1.97. The van der Waals surface area contributed by atoms with E-state index in [0.29, 0.717) is 11.3 Å². The molecule has 0 aliphatic heterocycles. The van der Waals surface area contributed by atoms with E-state index in [4.69, 9.17) is 4.42 Å². The molecule has 0 radical (unpaired) electrons. The highest BCUT2D eigenvalue weighted by molar-refractivity contribution is 5.61. The van der Waals surface area contributed by atoms with Crippen LogP contribution in [0, 0.1) is 0 Å². The number of alkyl halides is 3. The third-order valence-electron chi connectivity index (χ3n) is 3.00. The topological polar surface area (TPSA) is 26.0 Å². The van der Waals surface area contributed by atoms with Gasteiger partial charge in [-0.2, -0.15) is 13.2 Å². The van der Waals surface area contributed by atoms with E-state index in [2.05, 4.69) is 4.98 Å². The number of halogens is 3. The van der Waals surface area contributed by atoms with E-state index < -0.39 is 11.7 Å². The molecule has 0 saturated heterocycles. The Kier molecular flexibility index (Phi) is 3.25. The lowest BCUT2D eigenvalue weighted by molar-refractivity contribution is -0.137. The van der Waals surface area contributed by atoms with E-state index in [-0.39, 0.29) is 5.89 Å². The van der Waals surface area contributed by atoms with Gasteiger partial charge in [-0.1, -0.05) is 36.4 Å². The Bertz CT molecular complexity index is 747. The fourth-order valence-corrected chi connectivity index (χ4v) is 1.97. The highest BCUT2D eigenvalue weighted by Crippen LogP contribution is 2.32. The molecule has 0 fully saturated rings. The Morgan fingerprint density at radius 2 is 1.57 bits per heavy atom. The Hall–Kier alpha value is -2.56. The van der Waals surface area contributed by atoms with E-state index >= 15 is 0 Å². The molecular weight excluding hydrogens is 279 g/mol. The molecule has 2 nitrogen and oxygen atoms in total. The van der Waals surface area contributed by atoms with Crippen molar-refractivity contribution in [2.45, 2.75) is 6.18 Å². The van der Waals surface area contributed by atoms with Gasteiger partial charge in [0, 0.05) is 11.1 Å². The molecule has 5 heteroatoms. The van der Waals surface area contributed by atoms with Crippen LogP contribution in [-0.2, 0) is 6.18 Å². The minimum atomic E-state index is -4.38. The summed E-state index contributed by atoms with van der Waals surface area (Å²) < 4.78 is 43.7. The monoisotopic (exact) mass is 289 g/mol. The molecule has 106 valence electrons. The van der Waals surface area contributed by atoms with Gasteiger partial charge in [0.25, 0.3) is 0 Å². The van der Waals surface area contributed by atoms with E-state index in [1.54, 1.807) is 0 Å².